The van der Waals surface area contributed by atoms with Crippen LogP contribution in [0, 0.1) is 0 Å². The van der Waals surface area contributed by atoms with Gasteiger partial charge in [-0.1, -0.05) is 5.10 Å². The standard InChI is InChI=1S/C11H9N5O3/c1-16-7(4-5-12-16)10-14-15-11(19-10)13-9(17)8-3-2-6-18-8/h2-6H,1H3,(H,13,15,17). The summed E-state index contributed by atoms with van der Waals surface area (Å²) in [4.78, 5) is 11.7. The average molecular weight is 259 g/mol. The Hall–Kier alpha value is -2.90. The van der Waals surface area contributed by atoms with E-state index in [1.54, 1.807) is 30.1 Å². The van der Waals surface area contributed by atoms with Crippen LogP contribution in [0.1, 0.15) is 10.6 Å². The molecule has 96 valence electrons. The van der Waals surface area contributed by atoms with E-state index in [0.717, 1.165) is 0 Å². The Morgan fingerprint density at radius 1 is 1.37 bits per heavy atom. The van der Waals surface area contributed by atoms with Crippen molar-refractivity contribution in [1.82, 2.24) is 20.0 Å². The SMILES string of the molecule is Cn1nccc1-c1nnc(NC(=O)c2ccco2)o1. The molecule has 0 unspecified atom stereocenters. The number of anilines is 1. The number of nitrogens with one attached hydrogen (secondary N) is 1. The summed E-state index contributed by atoms with van der Waals surface area (Å²) in [5.41, 5.74) is 0.658. The lowest BCUT2D eigenvalue weighted by atomic mass is 10.4. The van der Waals surface area contributed by atoms with Gasteiger partial charge in [-0.15, -0.1) is 5.10 Å². The van der Waals surface area contributed by atoms with Gasteiger partial charge < -0.3 is 8.83 Å². The first-order chi connectivity index (χ1) is 9.24. The minimum atomic E-state index is -0.454. The van der Waals surface area contributed by atoms with E-state index < -0.39 is 5.91 Å². The number of nitrogens with zero attached hydrogens (tertiary/aromatic N) is 4. The van der Waals surface area contributed by atoms with Crippen LogP contribution in [-0.4, -0.2) is 25.9 Å². The summed E-state index contributed by atoms with van der Waals surface area (Å²) in [6, 6.07) is 4.88. The summed E-state index contributed by atoms with van der Waals surface area (Å²) < 4.78 is 11.9. The number of hydrogen-bond acceptors (Lipinski definition) is 6. The number of amides is 1. The maximum Gasteiger partial charge on any atom is 0.322 e. The summed E-state index contributed by atoms with van der Waals surface area (Å²) in [6.45, 7) is 0. The van der Waals surface area contributed by atoms with Crippen molar-refractivity contribution in [2.24, 2.45) is 7.05 Å². The monoisotopic (exact) mass is 259 g/mol. The summed E-state index contributed by atoms with van der Waals surface area (Å²) in [7, 11) is 1.75. The molecule has 0 saturated heterocycles. The summed E-state index contributed by atoms with van der Waals surface area (Å²) in [5, 5.41) is 14.0. The number of aromatic nitrogens is 4. The van der Waals surface area contributed by atoms with Crippen molar-refractivity contribution < 1.29 is 13.6 Å². The molecule has 0 aliphatic rings. The summed E-state index contributed by atoms with van der Waals surface area (Å²) >= 11 is 0. The van der Waals surface area contributed by atoms with E-state index in [1.807, 2.05) is 0 Å². The van der Waals surface area contributed by atoms with Crippen LogP contribution in [0.5, 0.6) is 0 Å². The lowest BCUT2D eigenvalue weighted by Gasteiger charge is -1.96. The number of rotatable bonds is 3. The van der Waals surface area contributed by atoms with Gasteiger partial charge in [-0.05, 0) is 18.2 Å². The van der Waals surface area contributed by atoms with Crippen LogP contribution in [-0.2, 0) is 7.05 Å². The zero-order valence-electron chi connectivity index (χ0n) is 9.90. The van der Waals surface area contributed by atoms with E-state index in [1.165, 1.54) is 12.3 Å². The van der Waals surface area contributed by atoms with Crippen molar-refractivity contribution in [3.63, 3.8) is 0 Å². The minimum absolute atomic E-state index is 0.00222. The van der Waals surface area contributed by atoms with Gasteiger partial charge in [0.05, 0.1) is 6.26 Å². The molecule has 0 radical (unpaired) electrons. The number of carbonyl (C=O) groups excluding carboxylic acids is 1. The normalized spacial score (nSPS) is 10.6. The molecule has 0 saturated carbocycles. The molecule has 1 amide bonds. The molecule has 0 spiro atoms. The smallest absolute Gasteiger partial charge is 0.322 e. The second-order valence-corrected chi connectivity index (χ2v) is 3.68. The molecule has 3 heterocycles. The van der Waals surface area contributed by atoms with Gasteiger partial charge in [0, 0.05) is 13.2 Å². The van der Waals surface area contributed by atoms with Crippen molar-refractivity contribution in [3.05, 3.63) is 36.4 Å². The fraction of sp³-hybridized carbons (Fsp3) is 0.0909. The molecule has 8 heteroatoms. The summed E-state index contributed by atoms with van der Waals surface area (Å²) in [5.74, 6) is -0.0137. The van der Waals surface area contributed by atoms with Gasteiger partial charge >= 0.3 is 6.01 Å². The lowest BCUT2D eigenvalue weighted by molar-refractivity contribution is 0.0994. The van der Waals surface area contributed by atoms with Crippen LogP contribution < -0.4 is 5.32 Å². The molecule has 0 fully saturated rings. The molecule has 1 N–H and O–H groups in total. The molecule has 3 aromatic rings. The lowest BCUT2D eigenvalue weighted by Crippen LogP contribution is -2.10. The van der Waals surface area contributed by atoms with E-state index in [0.29, 0.717) is 5.69 Å². The maximum absolute atomic E-state index is 11.7. The maximum atomic E-state index is 11.7. The number of hydrogen-bond donors (Lipinski definition) is 1. The molecule has 3 rings (SSSR count). The molecule has 3 aromatic heterocycles. The third-order valence-electron chi connectivity index (χ3n) is 2.43. The molecule has 0 bridgehead atoms. The Bertz CT molecular complexity index is 698. The highest BCUT2D eigenvalue weighted by Crippen LogP contribution is 2.18. The van der Waals surface area contributed by atoms with Gasteiger partial charge in [-0.3, -0.25) is 14.8 Å². The van der Waals surface area contributed by atoms with Crippen LogP contribution in [0.4, 0.5) is 6.01 Å². The van der Waals surface area contributed by atoms with Crippen molar-refractivity contribution in [2.45, 2.75) is 0 Å². The van der Waals surface area contributed by atoms with Crippen LogP contribution in [0.25, 0.3) is 11.6 Å². The fourth-order valence-corrected chi connectivity index (χ4v) is 1.53. The highest BCUT2D eigenvalue weighted by atomic mass is 16.4. The number of furan rings is 1. The van der Waals surface area contributed by atoms with Crippen LogP contribution in [0.15, 0.2) is 39.5 Å². The van der Waals surface area contributed by atoms with E-state index in [-0.39, 0.29) is 17.7 Å². The molecular weight excluding hydrogens is 250 g/mol. The van der Waals surface area contributed by atoms with Crippen molar-refractivity contribution in [2.75, 3.05) is 5.32 Å². The molecule has 0 atom stereocenters. The average Bonchev–Trinajstić information content (AvgIpc) is 3.08. The van der Waals surface area contributed by atoms with Gasteiger partial charge in [0.15, 0.2) is 5.76 Å². The highest BCUT2D eigenvalue weighted by Gasteiger charge is 2.15. The number of aryl methyl sites for hydroxylation is 1. The minimum Gasteiger partial charge on any atom is -0.459 e. The van der Waals surface area contributed by atoms with E-state index in [9.17, 15) is 4.79 Å². The first-order valence-corrected chi connectivity index (χ1v) is 5.41. The zero-order valence-corrected chi connectivity index (χ0v) is 9.90. The molecule has 19 heavy (non-hydrogen) atoms. The van der Waals surface area contributed by atoms with E-state index >= 15 is 0 Å². The fourth-order valence-electron chi connectivity index (χ4n) is 1.53. The topological polar surface area (TPSA) is 99.0 Å². The second-order valence-electron chi connectivity index (χ2n) is 3.68. The Morgan fingerprint density at radius 2 is 2.26 bits per heavy atom. The Labute approximate surface area is 107 Å². The van der Waals surface area contributed by atoms with Gasteiger partial charge in [0.25, 0.3) is 11.8 Å². The zero-order chi connectivity index (χ0) is 13.2. The Morgan fingerprint density at radius 3 is 2.95 bits per heavy atom. The van der Waals surface area contributed by atoms with Crippen molar-refractivity contribution in [1.29, 1.82) is 0 Å². The van der Waals surface area contributed by atoms with Gasteiger partial charge in [0.2, 0.25) is 0 Å². The molecule has 0 aliphatic carbocycles. The molecule has 8 nitrogen and oxygen atoms in total. The van der Waals surface area contributed by atoms with Gasteiger partial charge in [-0.2, -0.15) is 5.10 Å². The largest absolute Gasteiger partial charge is 0.459 e. The molecule has 0 aromatic carbocycles. The number of carbonyl (C=O) groups is 1. The predicted molar refractivity (Wildman–Crippen MR) is 63.2 cm³/mol. The summed E-state index contributed by atoms with van der Waals surface area (Å²) in [6.07, 6.45) is 3.02. The highest BCUT2D eigenvalue weighted by molar-refractivity contribution is 6.00. The van der Waals surface area contributed by atoms with Crippen LogP contribution in [0.3, 0.4) is 0 Å². The Kier molecular flexibility index (Phi) is 2.60. The predicted octanol–water partition coefficient (Wildman–Crippen LogP) is 1.32. The third kappa shape index (κ3) is 2.10. The third-order valence-corrected chi connectivity index (χ3v) is 2.43. The quantitative estimate of drug-likeness (QED) is 0.761. The van der Waals surface area contributed by atoms with Crippen LogP contribution in [0.2, 0.25) is 0 Å². The molecule has 0 aliphatic heterocycles. The van der Waals surface area contributed by atoms with Gasteiger partial charge in [0.1, 0.15) is 5.69 Å². The van der Waals surface area contributed by atoms with E-state index in [4.69, 9.17) is 8.83 Å². The van der Waals surface area contributed by atoms with Gasteiger partial charge in [-0.25, -0.2) is 0 Å². The Balaban J connectivity index is 1.79. The molecular formula is C11H9N5O3. The second kappa shape index (κ2) is 4.41. The first-order valence-electron chi connectivity index (χ1n) is 5.41. The van der Waals surface area contributed by atoms with Crippen molar-refractivity contribution in [3.8, 4) is 11.6 Å². The first kappa shape index (κ1) is 11.2. The van der Waals surface area contributed by atoms with Crippen molar-refractivity contribution >= 4 is 11.9 Å². The van der Waals surface area contributed by atoms with E-state index in [2.05, 4.69) is 20.6 Å². The van der Waals surface area contributed by atoms with Crippen LogP contribution >= 0.6 is 0 Å².